The van der Waals surface area contributed by atoms with Gasteiger partial charge >= 0.3 is 0 Å². The molecular weight excluding hydrogens is 376 g/mol. The molecule has 0 amide bonds. The monoisotopic (exact) mass is 406 g/mol. The summed E-state index contributed by atoms with van der Waals surface area (Å²) in [5, 5.41) is 0. The lowest BCUT2D eigenvalue weighted by Gasteiger charge is -2.13. The Kier molecular flexibility index (Phi) is 5.99. The summed E-state index contributed by atoms with van der Waals surface area (Å²) in [4.78, 5) is 9.57. The maximum absolute atomic E-state index is 4.93. The van der Waals surface area contributed by atoms with E-state index in [0.717, 1.165) is 29.9 Å². The lowest BCUT2D eigenvalue weighted by molar-refractivity contribution is 0.919. The minimum Gasteiger partial charge on any atom is -0.256 e. The van der Waals surface area contributed by atoms with Crippen molar-refractivity contribution in [3.63, 3.8) is 0 Å². The molecule has 2 heterocycles. The lowest BCUT2D eigenvalue weighted by atomic mass is 9.95. The zero-order chi connectivity index (χ0) is 22.0. The Bertz CT molecular complexity index is 1210. The van der Waals surface area contributed by atoms with Crippen molar-refractivity contribution in [2.24, 2.45) is 0 Å². The van der Waals surface area contributed by atoms with Crippen LogP contribution in [0.1, 0.15) is 39.1 Å². The molecule has 0 spiro atoms. The second-order valence-corrected chi connectivity index (χ2v) is 8.56. The molecule has 31 heavy (non-hydrogen) atoms. The summed E-state index contributed by atoms with van der Waals surface area (Å²) >= 11 is 0. The van der Waals surface area contributed by atoms with Gasteiger partial charge in [0.15, 0.2) is 0 Å². The van der Waals surface area contributed by atoms with E-state index in [1.165, 1.54) is 44.5 Å². The largest absolute Gasteiger partial charge is 0.256 e. The molecule has 0 aliphatic carbocycles. The van der Waals surface area contributed by atoms with Crippen molar-refractivity contribution in [3.8, 4) is 22.5 Å². The molecule has 4 rings (SSSR count). The van der Waals surface area contributed by atoms with Crippen molar-refractivity contribution in [3.05, 3.63) is 106 Å². The third kappa shape index (κ3) is 4.59. The number of aryl methyl sites for hydroxylation is 5. The third-order valence-electron chi connectivity index (χ3n) is 6.21. The zero-order valence-corrected chi connectivity index (χ0v) is 19.2. The molecule has 156 valence electrons. The molecule has 0 atom stereocenters. The van der Waals surface area contributed by atoms with Gasteiger partial charge in [0.25, 0.3) is 0 Å². The predicted molar refractivity (Wildman–Crippen MR) is 130 cm³/mol. The fourth-order valence-electron chi connectivity index (χ4n) is 4.26. The van der Waals surface area contributed by atoms with Crippen molar-refractivity contribution >= 4 is 0 Å². The van der Waals surface area contributed by atoms with Crippen LogP contribution in [0.3, 0.4) is 0 Å². The summed E-state index contributed by atoms with van der Waals surface area (Å²) in [5.74, 6) is 0. The highest BCUT2D eigenvalue weighted by molar-refractivity contribution is 5.65. The van der Waals surface area contributed by atoms with Gasteiger partial charge in [0.1, 0.15) is 0 Å². The number of pyridine rings is 2. The van der Waals surface area contributed by atoms with Crippen LogP contribution in [0, 0.1) is 34.6 Å². The molecule has 4 aromatic rings. The average molecular weight is 407 g/mol. The fraction of sp³-hybridized carbons (Fsp3) is 0.241. The number of nitrogens with zero attached hydrogens (tertiary/aromatic N) is 2. The van der Waals surface area contributed by atoms with Gasteiger partial charge in [-0.3, -0.25) is 9.97 Å². The van der Waals surface area contributed by atoms with Crippen LogP contribution in [0.25, 0.3) is 22.5 Å². The summed E-state index contributed by atoms with van der Waals surface area (Å²) < 4.78 is 0. The van der Waals surface area contributed by atoms with Crippen LogP contribution >= 0.6 is 0 Å². The average Bonchev–Trinajstić information content (AvgIpc) is 2.75. The van der Waals surface area contributed by atoms with Gasteiger partial charge in [-0.1, -0.05) is 42.0 Å². The Morgan fingerprint density at radius 1 is 0.710 bits per heavy atom. The molecule has 2 nitrogen and oxygen atoms in total. The van der Waals surface area contributed by atoms with Gasteiger partial charge in [-0.05, 0) is 99.5 Å². The normalized spacial score (nSPS) is 11.0. The van der Waals surface area contributed by atoms with Gasteiger partial charge in [0.2, 0.25) is 0 Å². The van der Waals surface area contributed by atoms with E-state index in [1.807, 2.05) is 6.20 Å². The first-order valence-corrected chi connectivity index (χ1v) is 11.0. The van der Waals surface area contributed by atoms with E-state index in [-0.39, 0.29) is 0 Å². The summed E-state index contributed by atoms with van der Waals surface area (Å²) in [5.41, 5.74) is 13.4. The van der Waals surface area contributed by atoms with Gasteiger partial charge < -0.3 is 0 Å². The highest BCUT2D eigenvalue weighted by atomic mass is 14.7. The second kappa shape index (κ2) is 8.85. The van der Waals surface area contributed by atoms with Gasteiger partial charge in [-0.15, -0.1) is 0 Å². The highest BCUT2D eigenvalue weighted by Crippen LogP contribution is 2.26. The molecule has 2 aromatic carbocycles. The fourth-order valence-corrected chi connectivity index (χ4v) is 4.26. The molecule has 2 heteroatoms. The van der Waals surface area contributed by atoms with E-state index in [9.17, 15) is 0 Å². The first-order valence-electron chi connectivity index (χ1n) is 11.0. The van der Waals surface area contributed by atoms with Crippen molar-refractivity contribution in [2.45, 2.75) is 47.5 Å². The number of hydrogen-bond donors (Lipinski definition) is 0. The maximum Gasteiger partial charge on any atom is 0.0733 e. The molecule has 0 aliphatic heterocycles. The molecule has 0 unspecified atom stereocenters. The van der Waals surface area contributed by atoms with Crippen molar-refractivity contribution in [1.82, 2.24) is 9.97 Å². The van der Waals surface area contributed by atoms with Crippen LogP contribution in [-0.2, 0) is 12.8 Å². The van der Waals surface area contributed by atoms with E-state index < -0.39 is 0 Å². The number of benzene rings is 2. The summed E-state index contributed by atoms with van der Waals surface area (Å²) in [6.45, 7) is 10.8. The molecule has 0 bridgehead atoms. The van der Waals surface area contributed by atoms with E-state index in [1.54, 1.807) is 0 Å². The minimum absolute atomic E-state index is 0.989. The summed E-state index contributed by atoms with van der Waals surface area (Å²) in [6.07, 6.45) is 3.88. The van der Waals surface area contributed by atoms with E-state index in [2.05, 4.69) is 100 Å². The van der Waals surface area contributed by atoms with Gasteiger partial charge in [-0.25, -0.2) is 0 Å². The number of rotatable bonds is 5. The first-order chi connectivity index (χ1) is 14.9. The van der Waals surface area contributed by atoms with Gasteiger partial charge in [0, 0.05) is 23.0 Å². The van der Waals surface area contributed by atoms with Gasteiger partial charge in [0.05, 0.1) is 11.4 Å². The smallest absolute Gasteiger partial charge is 0.0733 e. The van der Waals surface area contributed by atoms with E-state index in [4.69, 9.17) is 4.98 Å². The van der Waals surface area contributed by atoms with Crippen LogP contribution in [0.5, 0.6) is 0 Å². The predicted octanol–water partition coefficient (Wildman–Crippen LogP) is 7.14. The van der Waals surface area contributed by atoms with Crippen LogP contribution in [-0.4, -0.2) is 9.97 Å². The van der Waals surface area contributed by atoms with Crippen LogP contribution in [0.2, 0.25) is 0 Å². The van der Waals surface area contributed by atoms with Crippen molar-refractivity contribution in [2.75, 3.05) is 0 Å². The van der Waals surface area contributed by atoms with Crippen LogP contribution < -0.4 is 0 Å². The Morgan fingerprint density at radius 2 is 1.48 bits per heavy atom. The summed E-state index contributed by atoms with van der Waals surface area (Å²) in [6, 6.07) is 21.7. The maximum atomic E-state index is 4.93. The SMILES string of the molecule is Cc1cccc(-c2cc(C)c(CCc3cccc(-c4nccc(C)c4C)c3)c(C)n2)c1. The second-order valence-electron chi connectivity index (χ2n) is 8.56. The van der Waals surface area contributed by atoms with Crippen molar-refractivity contribution in [1.29, 1.82) is 0 Å². The third-order valence-corrected chi connectivity index (χ3v) is 6.21. The Labute approximate surface area is 186 Å². The number of hydrogen-bond acceptors (Lipinski definition) is 2. The first kappa shape index (κ1) is 21.0. The van der Waals surface area contributed by atoms with Crippen LogP contribution in [0.15, 0.2) is 66.9 Å². The standard InChI is InChI=1S/C29H30N2/c1-19-8-6-10-25(16-19)28-17-21(3)27(23(5)31-28)13-12-24-9-7-11-26(18-24)29-22(4)20(2)14-15-30-29/h6-11,14-18H,12-13H2,1-5H3. The van der Waals surface area contributed by atoms with Crippen LogP contribution in [0.4, 0.5) is 0 Å². The molecule has 0 radical (unpaired) electrons. The Balaban J connectivity index is 1.57. The molecular formula is C29H30N2. The molecule has 0 N–H and O–H groups in total. The van der Waals surface area contributed by atoms with E-state index in [0.29, 0.717) is 0 Å². The van der Waals surface area contributed by atoms with E-state index >= 15 is 0 Å². The quantitative estimate of drug-likeness (QED) is 0.352. The summed E-state index contributed by atoms with van der Waals surface area (Å²) in [7, 11) is 0. The molecule has 2 aromatic heterocycles. The molecule has 0 aliphatic rings. The van der Waals surface area contributed by atoms with Crippen molar-refractivity contribution < 1.29 is 0 Å². The Hall–Kier alpha value is -3.26. The lowest BCUT2D eigenvalue weighted by Crippen LogP contribution is -2.02. The Morgan fingerprint density at radius 3 is 2.26 bits per heavy atom. The minimum atomic E-state index is 0.989. The topological polar surface area (TPSA) is 25.8 Å². The highest BCUT2D eigenvalue weighted by Gasteiger charge is 2.10. The number of aromatic nitrogens is 2. The molecule has 0 saturated carbocycles. The molecule has 0 fully saturated rings. The van der Waals surface area contributed by atoms with Gasteiger partial charge in [-0.2, -0.15) is 0 Å². The molecule has 0 saturated heterocycles. The zero-order valence-electron chi connectivity index (χ0n) is 19.2.